The minimum Gasteiger partial charge on any atom is -0.497 e. The largest absolute Gasteiger partial charge is 0.497 e. The molecular weight excluding hydrogens is 344 g/mol. The van der Waals surface area contributed by atoms with Crippen LogP contribution in [0.3, 0.4) is 0 Å². The zero-order chi connectivity index (χ0) is 16.9. The first kappa shape index (κ1) is 16.5. The molecule has 122 valence electrons. The molecule has 1 aromatic heterocycles. The van der Waals surface area contributed by atoms with E-state index in [9.17, 15) is 4.79 Å². The summed E-state index contributed by atoms with van der Waals surface area (Å²) in [7, 11) is 1.59. The fourth-order valence-electron chi connectivity index (χ4n) is 2.15. The Morgan fingerprint density at radius 3 is 2.54 bits per heavy atom. The average molecular weight is 359 g/mol. The molecule has 0 fully saturated rings. The zero-order valence-corrected chi connectivity index (χ0v) is 14.5. The van der Waals surface area contributed by atoms with Gasteiger partial charge in [0, 0.05) is 21.5 Å². The van der Waals surface area contributed by atoms with Gasteiger partial charge in [0.2, 0.25) is 0 Å². The second-order valence-electron chi connectivity index (χ2n) is 5.04. The molecule has 4 nitrogen and oxygen atoms in total. The van der Waals surface area contributed by atoms with Gasteiger partial charge in [-0.05, 0) is 36.4 Å². The molecule has 0 saturated heterocycles. The van der Waals surface area contributed by atoms with Crippen LogP contribution in [0.1, 0.15) is 15.4 Å². The molecule has 1 amide bonds. The predicted octanol–water partition coefficient (Wildman–Crippen LogP) is 4.40. The molecule has 3 aromatic rings. The molecule has 3 rings (SSSR count). The van der Waals surface area contributed by atoms with Crippen molar-refractivity contribution < 1.29 is 9.53 Å². The van der Waals surface area contributed by atoms with Gasteiger partial charge in [-0.1, -0.05) is 23.7 Å². The number of halogens is 1. The number of carbonyl (C=O) groups is 1. The lowest BCUT2D eigenvalue weighted by molar-refractivity contribution is 0.0951. The third-order valence-corrected chi connectivity index (χ3v) is 4.54. The van der Waals surface area contributed by atoms with Crippen LogP contribution in [0, 0.1) is 0 Å². The Kier molecular flexibility index (Phi) is 5.13. The van der Waals surface area contributed by atoms with Crippen LogP contribution in [0.4, 0.5) is 0 Å². The Bertz CT molecular complexity index is 829. The van der Waals surface area contributed by atoms with Crippen molar-refractivity contribution in [1.82, 2.24) is 10.3 Å². The minimum absolute atomic E-state index is 0.138. The second-order valence-corrected chi connectivity index (χ2v) is 6.42. The third-order valence-electron chi connectivity index (χ3n) is 3.44. The molecule has 0 saturated carbocycles. The summed E-state index contributed by atoms with van der Waals surface area (Å²) in [5.74, 6) is 0.583. The van der Waals surface area contributed by atoms with Crippen LogP contribution in [0.5, 0.6) is 5.75 Å². The molecule has 2 aromatic carbocycles. The maximum atomic E-state index is 12.1. The summed E-state index contributed by atoms with van der Waals surface area (Å²) in [6.45, 7) is 0.392. The number of ether oxygens (including phenoxy) is 1. The number of nitrogens with zero attached hydrogens (tertiary/aromatic N) is 1. The van der Waals surface area contributed by atoms with Gasteiger partial charge < -0.3 is 10.1 Å². The number of rotatable bonds is 5. The van der Waals surface area contributed by atoms with Gasteiger partial charge in [-0.3, -0.25) is 4.79 Å². The normalized spacial score (nSPS) is 10.4. The van der Waals surface area contributed by atoms with Crippen LogP contribution in [0.25, 0.3) is 11.3 Å². The van der Waals surface area contributed by atoms with E-state index in [1.807, 2.05) is 29.6 Å². The Balaban J connectivity index is 1.62. The lowest BCUT2D eigenvalue weighted by Gasteiger charge is -2.04. The van der Waals surface area contributed by atoms with Gasteiger partial charge in [0.1, 0.15) is 10.8 Å². The molecule has 0 radical (unpaired) electrons. The molecule has 1 heterocycles. The standard InChI is InChI=1S/C18H15ClN2O2S/c1-23-15-8-4-13(5-9-15)18(22)20-10-17-21-16(11-24-17)12-2-6-14(19)7-3-12/h2-9,11H,10H2,1H3,(H,20,22). The molecule has 0 aliphatic rings. The minimum atomic E-state index is -0.138. The molecule has 0 bridgehead atoms. The number of amides is 1. The highest BCUT2D eigenvalue weighted by Gasteiger charge is 2.08. The summed E-state index contributed by atoms with van der Waals surface area (Å²) < 4.78 is 5.08. The van der Waals surface area contributed by atoms with Crippen LogP contribution < -0.4 is 10.1 Å². The van der Waals surface area contributed by atoms with Crippen molar-refractivity contribution in [2.45, 2.75) is 6.54 Å². The summed E-state index contributed by atoms with van der Waals surface area (Å²) in [6.07, 6.45) is 0. The van der Waals surface area contributed by atoms with Crippen LogP contribution in [0.2, 0.25) is 5.02 Å². The summed E-state index contributed by atoms with van der Waals surface area (Å²) in [4.78, 5) is 16.7. The van der Waals surface area contributed by atoms with Crippen molar-refractivity contribution in [2.24, 2.45) is 0 Å². The summed E-state index contributed by atoms with van der Waals surface area (Å²) in [5.41, 5.74) is 2.47. The van der Waals surface area contributed by atoms with E-state index in [0.29, 0.717) is 17.1 Å². The molecule has 0 spiro atoms. The van der Waals surface area contributed by atoms with Gasteiger partial charge in [0.25, 0.3) is 5.91 Å². The molecule has 0 aliphatic carbocycles. The van der Waals surface area contributed by atoms with E-state index in [-0.39, 0.29) is 5.91 Å². The van der Waals surface area contributed by atoms with E-state index in [1.165, 1.54) is 11.3 Å². The molecule has 0 unspecified atom stereocenters. The van der Waals surface area contributed by atoms with E-state index in [4.69, 9.17) is 16.3 Å². The van der Waals surface area contributed by atoms with Gasteiger partial charge in [-0.25, -0.2) is 4.98 Å². The maximum Gasteiger partial charge on any atom is 0.251 e. The quantitative estimate of drug-likeness (QED) is 0.735. The molecular formula is C18H15ClN2O2S. The lowest BCUT2D eigenvalue weighted by Crippen LogP contribution is -2.22. The van der Waals surface area contributed by atoms with Crippen LogP contribution in [-0.2, 0) is 6.54 Å². The fraction of sp³-hybridized carbons (Fsp3) is 0.111. The van der Waals surface area contributed by atoms with Crippen molar-refractivity contribution in [2.75, 3.05) is 7.11 Å². The van der Waals surface area contributed by atoms with Crippen molar-refractivity contribution in [3.63, 3.8) is 0 Å². The van der Waals surface area contributed by atoms with Gasteiger partial charge in [-0.15, -0.1) is 11.3 Å². The number of hydrogen-bond acceptors (Lipinski definition) is 4. The number of methoxy groups -OCH3 is 1. The molecule has 24 heavy (non-hydrogen) atoms. The Hall–Kier alpha value is -2.37. The summed E-state index contributed by atoms with van der Waals surface area (Å²) in [5, 5.41) is 6.39. The van der Waals surface area contributed by atoms with Crippen LogP contribution in [-0.4, -0.2) is 18.0 Å². The molecule has 6 heteroatoms. The lowest BCUT2D eigenvalue weighted by atomic mass is 10.2. The second kappa shape index (κ2) is 7.47. The molecule has 0 atom stereocenters. The topological polar surface area (TPSA) is 51.2 Å². The van der Waals surface area contributed by atoms with Gasteiger partial charge >= 0.3 is 0 Å². The summed E-state index contributed by atoms with van der Waals surface area (Å²) in [6, 6.07) is 14.5. The zero-order valence-electron chi connectivity index (χ0n) is 13.0. The van der Waals surface area contributed by atoms with E-state index in [2.05, 4.69) is 10.3 Å². The number of benzene rings is 2. The third kappa shape index (κ3) is 3.93. The number of thiazole rings is 1. The monoisotopic (exact) mass is 358 g/mol. The molecule has 0 aliphatic heterocycles. The maximum absolute atomic E-state index is 12.1. The van der Waals surface area contributed by atoms with E-state index < -0.39 is 0 Å². The number of carbonyl (C=O) groups excluding carboxylic acids is 1. The molecule has 1 N–H and O–H groups in total. The highest BCUT2D eigenvalue weighted by molar-refractivity contribution is 7.09. The Morgan fingerprint density at radius 2 is 1.88 bits per heavy atom. The van der Waals surface area contributed by atoms with Crippen molar-refractivity contribution >= 4 is 28.8 Å². The average Bonchev–Trinajstić information content (AvgIpc) is 3.09. The predicted molar refractivity (Wildman–Crippen MR) is 96.7 cm³/mol. The first-order valence-corrected chi connectivity index (χ1v) is 8.54. The first-order chi connectivity index (χ1) is 11.7. The summed E-state index contributed by atoms with van der Waals surface area (Å²) >= 11 is 7.41. The highest BCUT2D eigenvalue weighted by Crippen LogP contribution is 2.23. The van der Waals surface area contributed by atoms with E-state index >= 15 is 0 Å². The fourth-order valence-corrected chi connectivity index (χ4v) is 3.01. The van der Waals surface area contributed by atoms with E-state index in [0.717, 1.165) is 22.0 Å². The number of nitrogens with one attached hydrogen (secondary N) is 1. The number of aromatic nitrogens is 1. The SMILES string of the molecule is COc1ccc(C(=O)NCc2nc(-c3ccc(Cl)cc3)cs2)cc1. The van der Waals surface area contributed by atoms with Crippen molar-refractivity contribution in [3.8, 4) is 17.0 Å². The van der Waals surface area contributed by atoms with Crippen molar-refractivity contribution in [1.29, 1.82) is 0 Å². The van der Waals surface area contributed by atoms with Crippen LogP contribution in [0.15, 0.2) is 53.9 Å². The van der Waals surface area contributed by atoms with E-state index in [1.54, 1.807) is 31.4 Å². The van der Waals surface area contributed by atoms with Crippen LogP contribution >= 0.6 is 22.9 Å². The Labute approximate surface area is 149 Å². The van der Waals surface area contributed by atoms with Gasteiger partial charge in [-0.2, -0.15) is 0 Å². The highest BCUT2D eigenvalue weighted by atomic mass is 35.5. The Morgan fingerprint density at radius 1 is 1.17 bits per heavy atom. The smallest absolute Gasteiger partial charge is 0.251 e. The van der Waals surface area contributed by atoms with Crippen molar-refractivity contribution in [3.05, 3.63) is 69.5 Å². The van der Waals surface area contributed by atoms with Gasteiger partial charge in [0.15, 0.2) is 0 Å². The first-order valence-electron chi connectivity index (χ1n) is 7.28. The number of hydrogen-bond donors (Lipinski definition) is 1. The van der Waals surface area contributed by atoms with Gasteiger partial charge in [0.05, 0.1) is 19.3 Å².